The molecule has 264 valence electrons. The first-order chi connectivity index (χ1) is 23.7. The van der Waals surface area contributed by atoms with Crippen LogP contribution in [0.25, 0.3) is 16.6 Å². The molecule has 0 spiro atoms. The number of amides is 1. The summed E-state index contributed by atoms with van der Waals surface area (Å²) in [5.41, 5.74) is 6.69. The first-order valence-corrected chi connectivity index (χ1v) is 17.0. The number of hydrogen-bond donors (Lipinski definition) is 3. The third kappa shape index (κ3) is 9.31. The van der Waals surface area contributed by atoms with Crippen LogP contribution in [-0.2, 0) is 26.2 Å². The molecule has 50 heavy (non-hydrogen) atoms. The molecular formula is C34H38N6O9S. The summed E-state index contributed by atoms with van der Waals surface area (Å²) in [5, 5.41) is 3.50. The molecule has 0 saturated heterocycles. The van der Waals surface area contributed by atoms with Gasteiger partial charge in [-0.3, -0.25) is 28.6 Å². The second-order valence-electron chi connectivity index (χ2n) is 11.0. The minimum atomic E-state index is -3.66. The molecule has 16 heteroatoms. The predicted molar refractivity (Wildman–Crippen MR) is 187 cm³/mol. The zero-order valence-corrected chi connectivity index (χ0v) is 28.9. The molecule has 3 heterocycles. The fourth-order valence-electron chi connectivity index (χ4n) is 4.68. The van der Waals surface area contributed by atoms with Crippen molar-refractivity contribution >= 4 is 38.7 Å². The number of para-hydroxylation sites is 1. The highest BCUT2D eigenvalue weighted by atomic mass is 32.2. The van der Waals surface area contributed by atoms with Crippen molar-refractivity contribution < 1.29 is 36.8 Å². The van der Waals surface area contributed by atoms with Crippen LogP contribution in [0.3, 0.4) is 0 Å². The lowest BCUT2D eigenvalue weighted by molar-refractivity contribution is -0.150. The van der Waals surface area contributed by atoms with Gasteiger partial charge in [-0.05, 0) is 70.2 Å². The molecular weight excluding hydrogens is 668 g/mol. The maximum Gasteiger partial charge on any atom is 0.322 e. The number of rotatable bonds is 11. The lowest BCUT2D eigenvalue weighted by Gasteiger charge is -2.19. The minimum Gasteiger partial charge on any atom is -0.497 e. The summed E-state index contributed by atoms with van der Waals surface area (Å²) >= 11 is 0. The molecule has 0 aliphatic rings. The molecule has 3 aromatic heterocycles. The highest BCUT2D eigenvalue weighted by Crippen LogP contribution is 2.31. The van der Waals surface area contributed by atoms with Gasteiger partial charge in [0, 0.05) is 17.6 Å². The average Bonchev–Trinajstić information content (AvgIpc) is 3.33. The molecule has 0 fully saturated rings. The van der Waals surface area contributed by atoms with E-state index >= 15 is 0 Å². The van der Waals surface area contributed by atoms with Crippen LogP contribution in [0.2, 0.25) is 0 Å². The lowest BCUT2D eigenvalue weighted by Crippen LogP contribution is -2.34. The van der Waals surface area contributed by atoms with Crippen LogP contribution < -0.4 is 26.1 Å². The minimum absolute atomic E-state index is 0.0691. The Kier molecular flexibility index (Phi) is 12.1. The van der Waals surface area contributed by atoms with Gasteiger partial charge in [0.1, 0.15) is 40.8 Å². The van der Waals surface area contributed by atoms with E-state index in [2.05, 4.69) is 15.3 Å². The number of carbonyl (C=O) groups excluding carboxylic acids is 2. The number of nitrogens with two attached hydrogens (primary N) is 1. The zero-order valence-electron chi connectivity index (χ0n) is 28.1. The number of carbonyl (C=O) groups is 2. The van der Waals surface area contributed by atoms with Crippen molar-refractivity contribution in [2.24, 2.45) is 5.73 Å². The van der Waals surface area contributed by atoms with Crippen molar-refractivity contribution in [1.82, 2.24) is 19.3 Å². The molecule has 0 radical (unpaired) electrons. The van der Waals surface area contributed by atoms with E-state index in [1.807, 2.05) is 24.3 Å². The number of esters is 1. The summed E-state index contributed by atoms with van der Waals surface area (Å²) in [4.78, 5) is 47.9. The monoisotopic (exact) mass is 706 g/mol. The maximum atomic E-state index is 13.7. The van der Waals surface area contributed by atoms with Gasteiger partial charge >= 0.3 is 5.97 Å². The summed E-state index contributed by atoms with van der Waals surface area (Å²) in [7, 11) is -2.07. The third-order valence-corrected chi connectivity index (χ3v) is 7.95. The van der Waals surface area contributed by atoms with E-state index in [-0.39, 0.29) is 23.7 Å². The van der Waals surface area contributed by atoms with Gasteiger partial charge in [-0.15, -0.1) is 0 Å². The first-order valence-electron chi connectivity index (χ1n) is 15.4. The van der Waals surface area contributed by atoms with Crippen molar-refractivity contribution in [2.75, 3.05) is 18.2 Å². The first kappa shape index (κ1) is 37.2. The summed E-state index contributed by atoms with van der Waals surface area (Å²) in [5.74, 6) is 0.530. The van der Waals surface area contributed by atoms with Gasteiger partial charge in [0.05, 0.1) is 42.5 Å². The van der Waals surface area contributed by atoms with Crippen molar-refractivity contribution in [3.05, 3.63) is 101 Å². The standard InChI is InChI=1S/C32H32N6O6.C2H6O3S/c1-19(43-32(41)20(2)33)18-37-21(3)29(31(40)38(37)22-8-6-5-7-9-22)30(39)36-28-13-11-24(17-35-28)44-27-14-15-34-26-16-23(42-4)10-12-25(26)27;1-2-6(3,4)5/h5-17,19-20H,18,33H2,1-4H3,(H,35,36,39);2H2,1H3,(H,3,4,5)/t19-,20+;/m1./s1. The van der Waals surface area contributed by atoms with E-state index < -0.39 is 39.7 Å². The van der Waals surface area contributed by atoms with Crippen molar-refractivity contribution in [3.8, 4) is 22.9 Å². The largest absolute Gasteiger partial charge is 0.497 e. The highest BCUT2D eigenvalue weighted by molar-refractivity contribution is 7.85. The molecule has 2 aromatic carbocycles. The number of fused-ring (bicyclic) bond motifs is 1. The fourth-order valence-corrected chi connectivity index (χ4v) is 4.68. The molecule has 2 atom stereocenters. The Hall–Kier alpha value is -5.58. The number of aromatic nitrogens is 4. The van der Waals surface area contributed by atoms with E-state index in [1.54, 1.807) is 74.3 Å². The molecule has 0 unspecified atom stereocenters. The molecule has 1 amide bonds. The van der Waals surface area contributed by atoms with E-state index in [4.69, 9.17) is 24.5 Å². The predicted octanol–water partition coefficient (Wildman–Crippen LogP) is 4.12. The summed E-state index contributed by atoms with van der Waals surface area (Å²) in [6.07, 6.45) is 2.48. The van der Waals surface area contributed by atoms with E-state index in [1.165, 1.54) is 24.7 Å². The van der Waals surface area contributed by atoms with Crippen molar-refractivity contribution in [1.29, 1.82) is 0 Å². The van der Waals surface area contributed by atoms with Crippen LogP contribution in [0.15, 0.2) is 83.9 Å². The number of hydrogen-bond acceptors (Lipinski definition) is 11. The van der Waals surface area contributed by atoms with E-state index in [0.29, 0.717) is 34.1 Å². The Morgan fingerprint density at radius 2 is 1.70 bits per heavy atom. The van der Waals surface area contributed by atoms with Crippen LogP contribution in [0.1, 0.15) is 36.8 Å². The molecule has 0 bridgehead atoms. The average molecular weight is 707 g/mol. The normalized spacial score (nSPS) is 12.3. The van der Waals surface area contributed by atoms with Gasteiger partial charge in [-0.2, -0.15) is 8.42 Å². The topological polar surface area (TPSA) is 207 Å². The number of benzene rings is 2. The van der Waals surface area contributed by atoms with E-state index in [0.717, 1.165) is 5.39 Å². The van der Waals surface area contributed by atoms with Gasteiger partial charge in [0.15, 0.2) is 0 Å². The lowest BCUT2D eigenvalue weighted by atomic mass is 10.2. The Bertz CT molecular complexity index is 2130. The number of nitrogens with one attached hydrogen (secondary N) is 1. The van der Waals surface area contributed by atoms with Crippen LogP contribution >= 0.6 is 0 Å². The molecule has 4 N–H and O–H groups in total. The summed E-state index contributed by atoms with van der Waals surface area (Å²) in [6.45, 7) is 6.37. The zero-order chi connectivity index (χ0) is 36.6. The fraction of sp³-hybridized carbons (Fsp3) is 0.265. The Morgan fingerprint density at radius 3 is 2.30 bits per heavy atom. The van der Waals surface area contributed by atoms with Crippen LogP contribution in [0.5, 0.6) is 17.2 Å². The number of pyridine rings is 2. The summed E-state index contributed by atoms with van der Waals surface area (Å²) < 4.78 is 46.6. The highest BCUT2D eigenvalue weighted by Gasteiger charge is 2.26. The second kappa shape index (κ2) is 16.2. The van der Waals surface area contributed by atoms with E-state index in [9.17, 15) is 22.8 Å². The number of ether oxygens (including phenoxy) is 3. The Labute approximate surface area is 288 Å². The van der Waals surface area contributed by atoms with Crippen LogP contribution in [0, 0.1) is 6.92 Å². The van der Waals surface area contributed by atoms with Crippen LogP contribution in [-0.4, -0.2) is 69.2 Å². The Balaban J connectivity index is 0.000000860. The second-order valence-corrected chi connectivity index (χ2v) is 12.8. The van der Waals surface area contributed by atoms with Crippen LogP contribution in [0.4, 0.5) is 5.82 Å². The molecule has 15 nitrogen and oxygen atoms in total. The van der Waals surface area contributed by atoms with Gasteiger partial charge < -0.3 is 25.3 Å². The number of methoxy groups -OCH3 is 1. The van der Waals surface area contributed by atoms with Gasteiger partial charge in [-0.25, -0.2) is 9.67 Å². The van der Waals surface area contributed by atoms with Crippen molar-refractivity contribution in [3.63, 3.8) is 0 Å². The Morgan fingerprint density at radius 1 is 1.02 bits per heavy atom. The molecule has 5 rings (SSSR count). The number of nitrogens with zero attached hydrogens (tertiary/aromatic N) is 4. The van der Waals surface area contributed by atoms with Gasteiger partial charge in [0.2, 0.25) is 0 Å². The van der Waals surface area contributed by atoms with Gasteiger partial charge in [-0.1, -0.05) is 18.2 Å². The van der Waals surface area contributed by atoms with Gasteiger partial charge in [0.25, 0.3) is 21.6 Å². The molecule has 0 saturated carbocycles. The maximum absolute atomic E-state index is 13.7. The molecule has 0 aliphatic carbocycles. The number of anilines is 1. The molecule has 5 aromatic rings. The SMILES string of the molecule is CCS(=O)(=O)O.COc1ccc2c(Oc3ccc(NC(=O)c4c(C)n(C[C@@H](C)OC(=O)[C@H](C)N)n(-c5ccccc5)c4=O)nc3)ccnc2c1. The summed E-state index contributed by atoms with van der Waals surface area (Å²) in [6, 6.07) is 18.6. The van der Waals surface area contributed by atoms with Crippen molar-refractivity contribution in [2.45, 2.75) is 46.4 Å². The third-order valence-electron chi connectivity index (χ3n) is 7.22. The quantitative estimate of drug-likeness (QED) is 0.131. The molecule has 0 aliphatic heterocycles. The smallest absolute Gasteiger partial charge is 0.322 e.